The minimum absolute atomic E-state index is 0.0989. The zero-order chi connectivity index (χ0) is 102. The van der Waals surface area contributed by atoms with Crippen molar-refractivity contribution in [3.8, 4) is 0 Å². The molecule has 135 heavy (non-hydrogen) atoms. The molecule has 0 aromatic carbocycles. The van der Waals surface area contributed by atoms with Gasteiger partial charge in [-0.3, -0.25) is 130 Å². The van der Waals surface area contributed by atoms with Crippen molar-refractivity contribution in [1.29, 1.82) is 0 Å². The van der Waals surface area contributed by atoms with E-state index in [0.29, 0.717) is 24.5 Å². The molecule has 756 valence electrons. The smallest absolute Gasteiger partial charge is 0.303 e. The maximum atomic E-state index is 14.5. The van der Waals surface area contributed by atoms with Crippen LogP contribution in [0.5, 0.6) is 0 Å². The topological polar surface area (TPSA) is 744 Å². The molecule has 2 aliphatic heterocycles. The van der Waals surface area contributed by atoms with Gasteiger partial charge in [0.05, 0.1) is 67.4 Å². The molecular formula is C86H127N9O38S2. The number of rotatable bonds is 78. The fourth-order valence-electron chi connectivity index (χ4n) is 14.5. The number of hydrogen-bond donors (Lipinski definition) is 16. The molecule has 1 unspecified atom stereocenters. The lowest BCUT2D eigenvalue weighted by atomic mass is 9.88. The molecule has 0 aromatic rings. The van der Waals surface area contributed by atoms with Gasteiger partial charge >= 0.3 is 53.7 Å². The lowest BCUT2D eigenvalue weighted by molar-refractivity contribution is -0.142. The third-order valence-corrected chi connectivity index (χ3v) is 23.7. The standard InChI is InChI=1S/C86H127N9O38S2/c1-6-60(96)58(46-134-5)88-68(103)21-20-62(98)57(39-47(2)3)93-85(129)59-9-7-32-94(59)71(106)45-133-34-8-10-61(97)52(15-26-76(115)116)89-81(125)49(12-23-73(109)110)41-64(100)54(17-28-78(119)120)91-83(127)51(14-25-75(113)114)43-66(102)56(19-30-80(123)124)92-84(128)50(13-24-74(111)112)42-65(101)55(18-29-79(121)122)90-82(126)48(11-22-72(107)108)40-63(99)53(16-27-77(117)118)87-69(104)31-33-95-70(105)44-67(86(95)130)135-38-37-132-36-35-131-4/h47-59,67H,6-46H2,1-5H3,(H,87,104)(H,88,103)(H,89,125)(H,90,126)(H,91,127)(H,92,128)(H,93,129)(H,107,108)(H,109,110)(H,111,112)(H,113,114)(H,115,116)(H,117,118)(H,119,120)(H,121,122)(H,123,124)/t48-,49-,50-,51-,52+,53+,54+,55+,56+,57-,58-,59-,67?/m0/s1. The van der Waals surface area contributed by atoms with Crippen molar-refractivity contribution in [2.24, 2.45) is 29.6 Å². The van der Waals surface area contributed by atoms with Gasteiger partial charge in [-0.05, 0) is 95.6 Å². The molecular weight excluding hydrogens is 1830 g/mol. The summed E-state index contributed by atoms with van der Waals surface area (Å²) in [6.07, 6.45) is -18.4. The van der Waals surface area contributed by atoms with Crippen LogP contribution < -0.4 is 37.2 Å². The van der Waals surface area contributed by atoms with Crippen molar-refractivity contribution in [3.05, 3.63) is 0 Å². The molecule has 2 rings (SSSR count). The van der Waals surface area contributed by atoms with Crippen LogP contribution in [0.1, 0.15) is 226 Å². The van der Waals surface area contributed by atoms with Crippen LogP contribution in [0.25, 0.3) is 0 Å². The lowest BCUT2D eigenvalue weighted by Crippen LogP contribution is -2.52. The summed E-state index contributed by atoms with van der Waals surface area (Å²) in [6.45, 7) is 4.82. The van der Waals surface area contributed by atoms with Crippen molar-refractivity contribution in [1.82, 2.24) is 47.0 Å². The average molecular weight is 1960 g/mol. The molecule has 2 saturated heterocycles. The number of Topliss-reactive ketones (excluding diaryl/α,β-unsaturated/α-hetero) is 7. The molecule has 49 heteroatoms. The minimum Gasteiger partial charge on any atom is -0.481 e. The van der Waals surface area contributed by atoms with E-state index >= 15 is 0 Å². The molecule has 16 N–H and O–H groups in total. The molecule has 0 spiro atoms. The molecule has 10 amide bonds. The zero-order valence-corrected chi connectivity index (χ0v) is 77.8. The SMILES string of the molecule is CCC(=O)[C@H](CSC)NC(=O)CCC(=O)[C@H](CC(C)C)NC(=O)[C@@H]1CCCN1C(=O)COCCCC(=O)[C@@H](CCC(=O)O)NC(=O)[C@@H](CCC(=O)O)CC(=O)[C@@H](CCC(=O)O)NC(=O)[C@@H](CCC(=O)O)CC(=O)[C@@H](CCC(=O)O)NC(=O)[C@@H](CCC(=O)O)CC(=O)[C@@H](CCC(=O)O)NC(=O)[C@@H](CCC(=O)O)CC(=O)[C@@H](CCC(=O)O)NC(=O)CCN1C(=O)CC(SCCOCCOC)C1=O. The second-order valence-corrected chi connectivity index (χ2v) is 35.2. The highest BCUT2D eigenvalue weighted by atomic mass is 32.2. The first-order valence-electron chi connectivity index (χ1n) is 44.3. The number of carboxylic acid groups (broad SMARTS) is 9. The first-order chi connectivity index (χ1) is 63.6. The number of ketones is 7. The summed E-state index contributed by atoms with van der Waals surface area (Å²) in [7, 11) is 1.47. The predicted octanol–water partition coefficient (Wildman–Crippen LogP) is 0.473. The predicted molar refractivity (Wildman–Crippen MR) is 470 cm³/mol. The van der Waals surface area contributed by atoms with E-state index < -0.39 is 392 Å². The van der Waals surface area contributed by atoms with Crippen molar-refractivity contribution >= 4 is 177 Å². The number of carboxylic acids is 9. The normalized spacial score (nSPS) is 16.0. The van der Waals surface area contributed by atoms with Gasteiger partial charge < -0.3 is 102 Å². The van der Waals surface area contributed by atoms with Crippen LogP contribution in [-0.2, 0) is 139 Å². The Kier molecular flexibility index (Phi) is 57.0. The van der Waals surface area contributed by atoms with Gasteiger partial charge in [-0.1, -0.05) is 20.8 Å². The third-order valence-electron chi connectivity index (χ3n) is 21.9. The van der Waals surface area contributed by atoms with Crippen LogP contribution in [0, 0.1) is 29.6 Å². The quantitative estimate of drug-likeness (QED) is 0.0291. The maximum absolute atomic E-state index is 14.5. The Bertz CT molecular complexity index is 4180. The number of aliphatic carboxylic acids is 9. The minimum atomic E-state index is -2.06. The van der Waals surface area contributed by atoms with Crippen LogP contribution in [0.3, 0.4) is 0 Å². The summed E-state index contributed by atoms with van der Waals surface area (Å²) in [6, 6.07) is -12.2. The van der Waals surface area contributed by atoms with Crippen molar-refractivity contribution in [2.75, 3.05) is 71.0 Å². The summed E-state index contributed by atoms with van der Waals surface area (Å²) in [5.74, 6) is -36.5. The molecule has 0 radical (unpaired) electrons. The van der Waals surface area contributed by atoms with Gasteiger partial charge in [-0.2, -0.15) is 11.8 Å². The number of hydrogen-bond acceptors (Lipinski definition) is 31. The number of ether oxygens (including phenoxy) is 3. The van der Waals surface area contributed by atoms with Crippen LogP contribution >= 0.6 is 23.5 Å². The summed E-state index contributed by atoms with van der Waals surface area (Å²) in [4.78, 5) is 344. The summed E-state index contributed by atoms with van der Waals surface area (Å²) >= 11 is 2.49. The highest BCUT2D eigenvalue weighted by Crippen LogP contribution is 2.28. The molecule has 2 aliphatic rings. The van der Waals surface area contributed by atoms with E-state index in [1.165, 1.54) is 23.8 Å². The number of carbonyl (C=O) groups is 26. The Morgan fingerprint density at radius 2 is 0.778 bits per heavy atom. The van der Waals surface area contributed by atoms with Crippen molar-refractivity contribution in [2.45, 2.75) is 280 Å². The average Bonchev–Trinajstić information content (AvgIpc) is 1.72. The van der Waals surface area contributed by atoms with E-state index in [1.807, 2.05) is 13.8 Å². The van der Waals surface area contributed by atoms with E-state index in [0.717, 1.165) is 16.7 Å². The summed E-state index contributed by atoms with van der Waals surface area (Å²) in [5, 5.41) is 103. The van der Waals surface area contributed by atoms with Gasteiger partial charge in [0.15, 0.2) is 40.5 Å². The number of likely N-dealkylation sites (tertiary alicyclic amines) is 2. The van der Waals surface area contributed by atoms with Crippen molar-refractivity contribution in [3.63, 3.8) is 0 Å². The number of thioether (sulfide) groups is 2. The Balaban J connectivity index is 2.45. The number of carbonyl (C=O) groups excluding carboxylic acids is 17. The Morgan fingerprint density at radius 3 is 1.16 bits per heavy atom. The van der Waals surface area contributed by atoms with Crippen LogP contribution in [0.2, 0.25) is 0 Å². The zero-order valence-electron chi connectivity index (χ0n) is 76.1. The largest absolute Gasteiger partial charge is 0.481 e. The van der Waals surface area contributed by atoms with E-state index in [-0.39, 0.29) is 83.0 Å². The van der Waals surface area contributed by atoms with Gasteiger partial charge in [-0.15, -0.1) is 11.8 Å². The molecule has 47 nitrogen and oxygen atoms in total. The first kappa shape index (κ1) is 119. The molecule has 0 aliphatic carbocycles. The molecule has 2 fully saturated rings. The van der Waals surface area contributed by atoms with E-state index in [2.05, 4.69) is 37.2 Å². The second-order valence-electron chi connectivity index (χ2n) is 32.9. The molecule has 0 bridgehead atoms. The molecule has 13 atom stereocenters. The Hall–Kier alpha value is -11.6. The maximum Gasteiger partial charge on any atom is 0.303 e. The van der Waals surface area contributed by atoms with E-state index in [1.54, 1.807) is 13.2 Å². The summed E-state index contributed by atoms with van der Waals surface area (Å²) in [5.41, 5.74) is 0. The van der Waals surface area contributed by atoms with Crippen molar-refractivity contribution < 1.29 is 185 Å². The van der Waals surface area contributed by atoms with Crippen LogP contribution in [-0.4, -0.2) is 334 Å². The number of nitrogens with zero attached hydrogens (tertiary/aromatic N) is 2. The first-order valence-corrected chi connectivity index (χ1v) is 46.7. The molecule has 0 aromatic heterocycles. The fraction of sp³-hybridized carbons (Fsp3) is 0.698. The monoisotopic (exact) mass is 1960 g/mol. The molecule has 2 heterocycles. The Labute approximate surface area is 785 Å². The van der Waals surface area contributed by atoms with Crippen LogP contribution in [0.15, 0.2) is 0 Å². The van der Waals surface area contributed by atoms with Gasteiger partial charge in [0.1, 0.15) is 12.6 Å². The van der Waals surface area contributed by atoms with Gasteiger partial charge in [0.25, 0.3) is 0 Å². The number of nitrogens with one attached hydrogen (secondary N) is 7. The lowest BCUT2D eigenvalue weighted by Gasteiger charge is -2.27. The van der Waals surface area contributed by atoms with E-state index in [4.69, 9.17) is 14.2 Å². The number of amides is 10. The number of imide groups is 1. The van der Waals surface area contributed by atoms with Crippen LogP contribution in [0.4, 0.5) is 0 Å². The highest BCUT2D eigenvalue weighted by molar-refractivity contribution is 8.00. The molecule has 0 saturated carbocycles. The second kappa shape index (κ2) is 64.4. The summed E-state index contributed by atoms with van der Waals surface area (Å²) < 4.78 is 15.9. The van der Waals surface area contributed by atoms with E-state index in [9.17, 15) is 171 Å². The van der Waals surface area contributed by atoms with Gasteiger partial charge in [0, 0.05) is 184 Å². The third kappa shape index (κ3) is 48.9. The highest BCUT2D eigenvalue weighted by Gasteiger charge is 2.42. The number of methoxy groups -OCH3 is 1. The van der Waals surface area contributed by atoms with Gasteiger partial charge in [0.2, 0.25) is 59.1 Å². The Morgan fingerprint density at radius 1 is 0.407 bits per heavy atom. The fourth-order valence-corrected chi connectivity index (χ4v) is 16.1. The van der Waals surface area contributed by atoms with Gasteiger partial charge in [-0.25, -0.2) is 0 Å².